The van der Waals surface area contributed by atoms with Crippen molar-refractivity contribution in [2.24, 2.45) is 0 Å². The number of carbonyl (C=O) groups excluding carboxylic acids is 1. The molecule has 0 spiro atoms. The summed E-state index contributed by atoms with van der Waals surface area (Å²) in [5, 5.41) is 14.9. The lowest BCUT2D eigenvalue weighted by Gasteiger charge is -2.09. The van der Waals surface area contributed by atoms with Gasteiger partial charge < -0.3 is 5.32 Å². The van der Waals surface area contributed by atoms with E-state index in [0.29, 0.717) is 12.2 Å². The maximum Gasteiger partial charge on any atom is 0.277 e. The van der Waals surface area contributed by atoms with Crippen molar-refractivity contribution in [3.05, 3.63) is 84.7 Å². The van der Waals surface area contributed by atoms with Crippen molar-refractivity contribution in [3.63, 3.8) is 0 Å². The van der Waals surface area contributed by atoms with Crippen LogP contribution in [0, 0.1) is 0 Å². The van der Waals surface area contributed by atoms with Gasteiger partial charge in [0.1, 0.15) is 12.7 Å². The van der Waals surface area contributed by atoms with E-state index in [1.165, 1.54) is 6.33 Å². The number of para-hydroxylation sites is 2. The monoisotopic (exact) mass is 345 g/mol. The van der Waals surface area contributed by atoms with Crippen LogP contribution in [-0.4, -0.2) is 35.7 Å². The summed E-state index contributed by atoms with van der Waals surface area (Å²) in [7, 11) is 0. The Balaban J connectivity index is 1.51. The molecule has 4 aromatic rings. The van der Waals surface area contributed by atoms with Crippen LogP contribution in [0.15, 0.2) is 73.4 Å². The molecule has 8 heteroatoms. The van der Waals surface area contributed by atoms with Crippen LogP contribution in [0.4, 0.5) is 5.69 Å². The number of hydrogen-bond donors (Lipinski definition) is 1. The fourth-order valence-corrected chi connectivity index (χ4v) is 2.55. The van der Waals surface area contributed by atoms with E-state index >= 15 is 0 Å². The molecule has 1 amide bonds. The molecule has 0 bridgehead atoms. The Morgan fingerprint density at radius 2 is 1.85 bits per heavy atom. The minimum Gasteiger partial charge on any atom is -0.319 e. The van der Waals surface area contributed by atoms with Crippen LogP contribution in [-0.2, 0) is 6.54 Å². The molecule has 128 valence electrons. The normalized spacial score (nSPS) is 10.6. The smallest absolute Gasteiger partial charge is 0.277 e. The summed E-state index contributed by atoms with van der Waals surface area (Å²) in [5.74, 6) is -0.336. The van der Waals surface area contributed by atoms with E-state index in [9.17, 15) is 4.79 Å². The highest BCUT2D eigenvalue weighted by Crippen LogP contribution is 2.19. The van der Waals surface area contributed by atoms with Gasteiger partial charge in [0.2, 0.25) is 0 Å². The zero-order chi connectivity index (χ0) is 17.8. The number of anilines is 1. The maximum atomic E-state index is 12.5. The largest absolute Gasteiger partial charge is 0.319 e. The minimum absolute atomic E-state index is 0.245. The van der Waals surface area contributed by atoms with Crippen LogP contribution in [0.2, 0.25) is 0 Å². The Hall–Kier alpha value is -3.81. The third-order valence-electron chi connectivity index (χ3n) is 3.78. The second-order valence-electron chi connectivity index (χ2n) is 5.60. The first kappa shape index (κ1) is 15.7. The third-order valence-corrected chi connectivity index (χ3v) is 3.78. The molecular formula is C18H15N7O. The number of hydrogen-bond acceptors (Lipinski definition) is 5. The summed E-state index contributed by atoms with van der Waals surface area (Å²) < 4.78 is 3.22. The molecule has 2 heterocycles. The Kier molecular flexibility index (Phi) is 4.21. The number of nitrogens with one attached hydrogen (secondary N) is 1. The van der Waals surface area contributed by atoms with Crippen LogP contribution < -0.4 is 5.32 Å². The topological polar surface area (TPSA) is 90.5 Å². The standard InChI is InChI=1S/C18H15N7O/c26-18(16-11-24(23-22-16)10-14-6-2-1-3-7-14)21-15-8-4-5-9-17(15)25-13-19-12-20-25/h1-9,11-13H,10H2,(H,21,26). The van der Waals surface area contributed by atoms with Gasteiger partial charge >= 0.3 is 0 Å². The molecule has 0 atom stereocenters. The summed E-state index contributed by atoms with van der Waals surface area (Å²) in [6, 6.07) is 17.2. The molecule has 0 aliphatic heterocycles. The molecule has 0 fully saturated rings. The van der Waals surface area contributed by atoms with E-state index in [4.69, 9.17) is 0 Å². The maximum absolute atomic E-state index is 12.5. The van der Waals surface area contributed by atoms with Crippen LogP contribution in [0.1, 0.15) is 16.1 Å². The molecule has 0 saturated heterocycles. The molecule has 4 rings (SSSR count). The molecule has 0 unspecified atom stereocenters. The van der Waals surface area contributed by atoms with Crippen molar-refractivity contribution in [1.82, 2.24) is 29.8 Å². The van der Waals surface area contributed by atoms with Gasteiger partial charge in [-0.1, -0.05) is 47.7 Å². The molecule has 0 saturated carbocycles. The summed E-state index contributed by atoms with van der Waals surface area (Å²) in [6.07, 6.45) is 4.63. The molecule has 2 aromatic heterocycles. The minimum atomic E-state index is -0.336. The van der Waals surface area contributed by atoms with E-state index < -0.39 is 0 Å². The van der Waals surface area contributed by atoms with Gasteiger partial charge in [0.05, 0.1) is 24.1 Å². The number of nitrogens with zero attached hydrogens (tertiary/aromatic N) is 6. The zero-order valence-electron chi connectivity index (χ0n) is 13.7. The molecule has 8 nitrogen and oxygen atoms in total. The van der Waals surface area contributed by atoms with Crippen LogP contribution in [0.3, 0.4) is 0 Å². The van der Waals surface area contributed by atoms with Gasteiger partial charge in [-0.2, -0.15) is 5.10 Å². The van der Waals surface area contributed by atoms with Gasteiger partial charge in [-0.25, -0.2) is 14.3 Å². The van der Waals surface area contributed by atoms with Crippen molar-refractivity contribution >= 4 is 11.6 Å². The lowest BCUT2D eigenvalue weighted by Crippen LogP contribution is -2.14. The first-order chi connectivity index (χ1) is 12.8. The van der Waals surface area contributed by atoms with Crippen LogP contribution >= 0.6 is 0 Å². The molecular weight excluding hydrogens is 330 g/mol. The van der Waals surface area contributed by atoms with E-state index in [1.54, 1.807) is 28.0 Å². The fraction of sp³-hybridized carbons (Fsp3) is 0.0556. The quantitative estimate of drug-likeness (QED) is 0.598. The van der Waals surface area contributed by atoms with Gasteiger partial charge in [0.15, 0.2) is 5.69 Å². The third kappa shape index (κ3) is 3.34. The van der Waals surface area contributed by atoms with Gasteiger partial charge in [-0.05, 0) is 17.7 Å². The number of aromatic nitrogens is 6. The Morgan fingerprint density at radius 3 is 2.65 bits per heavy atom. The number of carbonyl (C=O) groups is 1. The second-order valence-corrected chi connectivity index (χ2v) is 5.60. The van der Waals surface area contributed by atoms with Crippen molar-refractivity contribution in [1.29, 1.82) is 0 Å². The number of benzene rings is 2. The molecule has 0 aliphatic carbocycles. The van der Waals surface area contributed by atoms with Crippen molar-refractivity contribution < 1.29 is 4.79 Å². The second kappa shape index (κ2) is 6.98. The van der Waals surface area contributed by atoms with Crippen LogP contribution in [0.25, 0.3) is 5.69 Å². The first-order valence-electron chi connectivity index (χ1n) is 7.99. The van der Waals surface area contributed by atoms with E-state index in [1.807, 2.05) is 48.5 Å². The Morgan fingerprint density at radius 1 is 1.04 bits per heavy atom. The predicted octanol–water partition coefficient (Wildman–Crippen LogP) is 2.16. The van der Waals surface area contributed by atoms with E-state index in [-0.39, 0.29) is 11.6 Å². The number of amides is 1. The van der Waals surface area contributed by atoms with Crippen molar-refractivity contribution in [3.8, 4) is 5.69 Å². The molecule has 1 N–H and O–H groups in total. The highest BCUT2D eigenvalue weighted by atomic mass is 16.2. The average molecular weight is 345 g/mol. The fourth-order valence-electron chi connectivity index (χ4n) is 2.55. The summed E-state index contributed by atoms with van der Waals surface area (Å²) in [4.78, 5) is 16.5. The highest BCUT2D eigenvalue weighted by molar-refractivity contribution is 6.03. The SMILES string of the molecule is O=C(Nc1ccccc1-n1cncn1)c1cn(Cc2ccccc2)nn1. The lowest BCUT2D eigenvalue weighted by atomic mass is 10.2. The molecule has 2 aromatic carbocycles. The van der Waals surface area contributed by atoms with Crippen LogP contribution in [0.5, 0.6) is 0 Å². The lowest BCUT2D eigenvalue weighted by molar-refractivity contribution is 0.102. The molecule has 26 heavy (non-hydrogen) atoms. The van der Waals surface area contributed by atoms with Gasteiger partial charge in [-0.3, -0.25) is 4.79 Å². The van der Waals surface area contributed by atoms with Crippen molar-refractivity contribution in [2.45, 2.75) is 6.54 Å². The molecule has 0 radical (unpaired) electrons. The summed E-state index contributed by atoms with van der Waals surface area (Å²) in [5.41, 5.74) is 2.66. The van der Waals surface area contributed by atoms with Gasteiger partial charge in [0.25, 0.3) is 5.91 Å². The first-order valence-corrected chi connectivity index (χ1v) is 7.99. The van der Waals surface area contributed by atoms with Crippen molar-refractivity contribution in [2.75, 3.05) is 5.32 Å². The highest BCUT2D eigenvalue weighted by Gasteiger charge is 2.14. The predicted molar refractivity (Wildman–Crippen MR) is 94.9 cm³/mol. The number of rotatable bonds is 5. The summed E-state index contributed by atoms with van der Waals surface area (Å²) >= 11 is 0. The van der Waals surface area contributed by atoms with E-state index in [2.05, 4.69) is 25.7 Å². The Labute approximate surface area is 149 Å². The van der Waals surface area contributed by atoms with Gasteiger partial charge in [0, 0.05) is 0 Å². The zero-order valence-corrected chi connectivity index (χ0v) is 13.7. The Bertz CT molecular complexity index is 1010. The summed E-state index contributed by atoms with van der Waals surface area (Å²) in [6.45, 7) is 0.552. The molecule has 0 aliphatic rings. The van der Waals surface area contributed by atoms with Gasteiger partial charge in [-0.15, -0.1) is 5.10 Å². The average Bonchev–Trinajstić information content (AvgIpc) is 3.35. The van der Waals surface area contributed by atoms with E-state index in [0.717, 1.165) is 11.3 Å².